The van der Waals surface area contributed by atoms with Crippen LogP contribution >= 0.6 is 0 Å². The second-order valence-corrected chi connectivity index (χ2v) is 14.4. The molecule has 0 aliphatic carbocycles. The van der Waals surface area contributed by atoms with E-state index in [1.807, 2.05) is 79.0 Å². The van der Waals surface area contributed by atoms with Gasteiger partial charge in [-0.1, -0.05) is 78.9 Å². The molecule has 0 bridgehead atoms. The maximum Gasteiger partial charge on any atom is 0.231 e. The van der Waals surface area contributed by atoms with Crippen LogP contribution < -0.4 is 0 Å². The predicted octanol–water partition coefficient (Wildman–Crippen LogP) is 12.8. The Bertz CT molecular complexity index is 3640. The van der Waals surface area contributed by atoms with Crippen molar-refractivity contribution < 1.29 is 8.83 Å². The Hall–Kier alpha value is -8.08. The number of pyridine rings is 1. The summed E-state index contributed by atoms with van der Waals surface area (Å²) in [6, 6.07) is 55.7. The van der Waals surface area contributed by atoms with E-state index in [0.29, 0.717) is 22.7 Å². The third kappa shape index (κ3) is 4.81. The molecule has 7 aromatic carbocycles. The van der Waals surface area contributed by atoms with Crippen molar-refractivity contribution in [3.8, 4) is 45.7 Å². The van der Waals surface area contributed by atoms with Gasteiger partial charge < -0.3 is 8.83 Å². The molecule has 0 saturated heterocycles. The van der Waals surface area contributed by atoms with Crippen LogP contribution in [0.2, 0.25) is 0 Å². The van der Waals surface area contributed by atoms with E-state index in [2.05, 4.69) is 95.6 Å². The quantitative estimate of drug-likeness (QED) is 0.179. The SMILES string of the molecule is N#Cc1ccc(-c2ccc3c(c2)oc2nc(-c4ccc(-n5c6ccccc6c6cc7ccccc7cc65)nc4)nc(-c4ccc5oc6ccccc6c5c4)c23)cc1. The molecule has 0 spiro atoms. The lowest BCUT2D eigenvalue weighted by molar-refractivity contribution is 0.654. The van der Waals surface area contributed by atoms with Gasteiger partial charge >= 0.3 is 0 Å². The molecule has 0 saturated carbocycles. The van der Waals surface area contributed by atoms with E-state index in [4.69, 9.17) is 23.8 Å². The number of benzene rings is 7. The minimum atomic E-state index is 0.484. The van der Waals surface area contributed by atoms with Gasteiger partial charge in [0.05, 0.1) is 33.7 Å². The first-order valence-electron chi connectivity index (χ1n) is 18.7. The highest BCUT2D eigenvalue weighted by Crippen LogP contribution is 2.40. The lowest BCUT2D eigenvalue weighted by Crippen LogP contribution is -1.99. The van der Waals surface area contributed by atoms with Crippen LogP contribution in [0, 0.1) is 11.3 Å². The van der Waals surface area contributed by atoms with E-state index < -0.39 is 0 Å². The van der Waals surface area contributed by atoms with Gasteiger partial charge in [0.2, 0.25) is 5.71 Å². The first kappa shape index (κ1) is 31.3. The molecule has 0 fully saturated rings. The van der Waals surface area contributed by atoms with Gasteiger partial charge in [0.1, 0.15) is 22.6 Å². The molecule has 12 aromatic rings. The van der Waals surface area contributed by atoms with Crippen molar-refractivity contribution in [3.05, 3.63) is 169 Å². The van der Waals surface area contributed by atoms with Crippen LogP contribution in [0.3, 0.4) is 0 Å². The summed E-state index contributed by atoms with van der Waals surface area (Å²) in [4.78, 5) is 15.4. The van der Waals surface area contributed by atoms with E-state index in [1.165, 1.54) is 21.5 Å². The van der Waals surface area contributed by atoms with E-state index in [9.17, 15) is 5.26 Å². The topological polar surface area (TPSA) is 93.7 Å². The van der Waals surface area contributed by atoms with Crippen LogP contribution in [0.4, 0.5) is 0 Å². The highest BCUT2D eigenvalue weighted by Gasteiger charge is 2.21. The lowest BCUT2D eigenvalue weighted by Gasteiger charge is -2.10. The van der Waals surface area contributed by atoms with Crippen molar-refractivity contribution in [2.45, 2.75) is 0 Å². The molecule has 0 amide bonds. The monoisotopic (exact) mass is 729 g/mol. The van der Waals surface area contributed by atoms with Gasteiger partial charge in [-0.2, -0.15) is 10.2 Å². The molecule has 0 aliphatic rings. The number of hydrogen-bond donors (Lipinski definition) is 0. The Balaban J connectivity index is 1.04. The van der Waals surface area contributed by atoms with Gasteiger partial charge in [0, 0.05) is 44.3 Å². The Labute approximate surface area is 324 Å². The average Bonchev–Trinajstić information content (AvgIpc) is 3.94. The predicted molar refractivity (Wildman–Crippen MR) is 227 cm³/mol. The molecule has 0 atom stereocenters. The van der Waals surface area contributed by atoms with Gasteiger partial charge in [-0.25, -0.2) is 9.97 Å². The number of para-hydroxylation sites is 2. The first-order chi connectivity index (χ1) is 28.2. The second-order valence-electron chi connectivity index (χ2n) is 14.4. The van der Waals surface area contributed by atoms with E-state index in [-0.39, 0.29) is 0 Å². The molecule has 0 aliphatic heterocycles. The van der Waals surface area contributed by atoms with Crippen LogP contribution in [0.25, 0.3) is 116 Å². The van der Waals surface area contributed by atoms with Gasteiger partial charge in [0.25, 0.3) is 0 Å². The van der Waals surface area contributed by atoms with Crippen LogP contribution in [0.15, 0.2) is 173 Å². The van der Waals surface area contributed by atoms with Crippen LogP contribution in [-0.4, -0.2) is 19.5 Å². The molecular weight excluding hydrogens is 703 g/mol. The van der Waals surface area contributed by atoms with Crippen molar-refractivity contribution in [2.75, 3.05) is 0 Å². The number of hydrogen-bond acceptors (Lipinski definition) is 6. The van der Waals surface area contributed by atoms with Crippen LogP contribution in [0.1, 0.15) is 5.56 Å². The highest BCUT2D eigenvalue weighted by molar-refractivity contribution is 6.14. The summed E-state index contributed by atoms with van der Waals surface area (Å²) in [5, 5.41) is 17.9. The normalized spacial score (nSPS) is 11.8. The fraction of sp³-hybridized carbons (Fsp3) is 0. The second kappa shape index (κ2) is 12.0. The highest BCUT2D eigenvalue weighted by atomic mass is 16.3. The summed E-state index contributed by atoms with van der Waals surface area (Å²) < 4.78 is 15.0. The molecular formula is C50H27N5O2. The van der Waals surface area contributed by atoms with Crippen molar-refractivity contribution in [3.63, 3.8) is 0 Å². The Morgan fingerprint density at radius 3 is 2.07 bits per heavy atom. The summed E-state index contributed by atoms with van der Waals surface area (Å²) in [6.07, 6.45) is 1.85. The van der Waals surface area contributed by atoms with E-state index >= 15 is 0 Å². The zero-order valence-electron chi connectivity index (χ0n) is 30.1. The fourth-order valence-corrected chi connectivity index (χ4v) is 8.35. The summed E-state index contributed by atoms with van der Waals surface area (Å²) >= 11 is 0. The standard InChI is InChI=1S/C50H27N5O2/c51-27-29-13-15-30(16-14-29)33-17-20-38-45(26-33)57-50-47(38)48(34-18-21-44-40(24-34)37-10-4-6-12-43(37)56-44)53-49(54-50)35-19-22-46(52-28-35)55-41-11-5-3-9-36(41)39-23-31-7-1-2-8-32(31)25-42(39)55/h1-26,28H. The van der Waals surface area contributed by atoms with Crippen LogP contribution in [-0.2, 0) is 0 Å². The molecule has 57 heavy (non-hydrogen) atoms. The number of furan rings is 2. The van der Waals surface area contributed by atoms with Crippen molar-refractivity contribution in [1.29, 1.82) is 5.26 Å². The maximum atomic E-state index is 9.32. The van der Waals surface area contributed by atoms with Gasteiger partial charge in [-0.15, -0.1) is 0 Å². The van der Waals surface area contributed by atoms with E-state index in [0.717, 1.165) is 77.5 Å². The maximum absolute atomic E-state index is 9.32. The van der Waals surface area contributed by atoms with Crippen LogP contribution in [0.5, 0.6) is 0 Å². The molecule has 12 rings (SSSR count). The molecule has 7 nitrogen and oxygen atoms in total. The molecule has 0 radical (unpaired) electrons. The molecule has 264 valence electrons. The van der Waals surface area contributed by atoms with Crippen molar-refractivity contribution >= 4 is 76.6 Å². The number of rotatable bonds is 4. The van der Waals surface area contributed by atoms with E-state index in [1.54, 1.807) is 0 Å². The largest absolute Gasteiger partial charge is 0.456 e. The molecule has 5 aromatic heterocycles. The number of nitriles is 1. The van der Waals surface area contributed by atoms with Crippen molar-refractivity contribution in [1.82, 2.24) is 19.5 Å². The summed E-state index contributed by atoms with van der Waals surface area (Å²) in [6.45, 7) is 0. The Morgan fingerprint density at radius 1 is 0.491 bits per heavy atom. The number of aromatic nitrogens is 4. The third-order valence-electron chi connectivity index (χ3n) is 11.1. The van der Waals surface area contributed by atoms with Gasteiger partial charge in [-0.05, 0) is 101 Å². The summed E-state index contributed by atoms with van der Waals surface area (Å²) in [5.41, 5.74) is 10.0. The van der Waals surface area contributed by atoms with Crippen molar-refractivity contribution in [2.24, 2.45) is 0 Å². The lowest BCUT2D eigenvalue weighted by atomic mass is 10.0. The van der Waals surface area contributed by atoms with Gasteiger partial charge in [-0.3, -0.25) is 4.57 Å². The zero-order chi connectivity index (χ0) is 37.6. The Morgan fingerprint density at radius 2 is 1.23 bits per heavy atom. The minimum absolute atomic E-state index is 0.484. The first-order valence-corrected chi connectivity index (χ1v) is 18.7. The number of fused-ring (bicyclic) bond motifs is 10. The minimum Gasteiger partial charge on any atom is -0.456 e. The van der Waals surface area contributed by atoms with Gasteiger partial charge in [0.15, 0.2) is 5.82 Å². The summed E-state index contributed by atoms with van der Waals surface area (Å²) in [5.74, 6) is 1.31. The third-order valence-corrected chi connectivity index (χ3v) is 11.1. The average molecular weight is 730 g/mol. The molecule has 0 unspecified atom stereocenters. The molecule has 0 N–H and O–H groups in total. The summed E-state index contributed by atoms with van der Waals surface area (Å²) in [7, 11) is 0. The number of nitrogens with zero attached hydrogens (tertiary/aromatic N) is 5. The fourth-order valence-electron chi connectivity index (χ4n) is 8.35. The zero-order valence-corrected chi connectivity index (χ0v) is 30.1. The Kier molecular flexibility index (Phi) is 6.56. The molecule has 5 heterocycles. The molecule has 7 heteroatoms. The smallest absolute Gasteiger partial charge is 0.231 e.